The second kappa shape index (κ2) is 10.9. The van der Waals surface area contributed by atoms with Crippen LogP contribution < -0.4 is 4.90 Å². The van der Waals surface area contributed by atoms with Crippen molar-refractivity contribution < 1.29 is 0 Å². The number of hydrogen-bond donors (Lipinski definition) is 0. The summed E-state index contributed by atoms with van der Waals surface area (Å²) >= 11 is 5.65. The zero-order valence-electron chi connectivity index (χ0n) is 16.7. The van der Waals surface area contributed by atoms with E-state index in [-0.39, 0.29) is 0 Å². The number of hydrogen-bond acceptors (Lipinski definition) is 4. The second-order valence-electron chi connectivity index (χ2n) is 6.13. The third-order valence-corrected chi connectivity index (χ3v) is 6.79. The highest BCUT2D eigenvalue weighted by molar-refractivity contribution is 7.99. The minimum Gasteiger partial charge on any atom is -0.310 e. The van der Waals surface area contributed by atoms with Crippen LogP contribution >= 0.6 is 35.3 Å². The summed E-state index contributed by atoms with van der Waals surface area (Å²) in [6.45, 7) is 6.60. The molecule has 0 saturated heterocycles. The Kier molecular flexibility index (Phi) is 8.26. The van der Waals surface area contributed by atoms with Gasteiger partial charge in [-0.1, -0.05) is 39.0 Å². The largest absolute Gasteiger partial charge is 0.310 e. The van der Waals surface area contributed by atoms with Crippen LogP contribution in [0.5, 0.6) is 0 Å². The summed E-state index contributed by atoms with van der Waals surface area (Å²) in [4.78, 5) is 6.30. The molecule has 0 bridgehead atoms. The van der Waals surface area contributed by atoms with Crippen molar-refractivity contribution in [2.75, 3.05) is 22.2 Å². The van der Waals surface area contributed by atoms with Crippen molar-refractivity contribution in [2.45, 2.75) is 35.5 Å². The summed E-state index contributed by atoms with van der Waals surface area (Å²) in [5.74, 6) is 3.23. The highest BCUT2D eigenvalue weighted by Gasteiger charge is 2.14. The molecule has 0 N–H and O–H groups in total. The lowest BCUT2D eigenvalue weighted by atomic mass is 10.2. The van der Waals surface area contributed by atoms with E-state index in [0.717, 1.165) is 17.3 Å². The molecule has 0 aliphatic rings. The molecule has 3 aromatic carbocycles. The molecular weight excluding hydrogens is 398 g/mol. The molecule has 0 saturated carbocycles. The molecule has 0 aromatic heterocycles. The third kappa shape index (κ3) is 5.53. The molecule has 146 valence electrons. The Morgan fingerprint density at radius 1 is 0.536 bits per heavy atom. The number of thioether (sulfide) groups is 3. The van der Waals surface area contributed by atoms with Crippen LogP contribution in [0, 0.1) is 0 Å². The molecule has 3 rings (SSSR count). The fraction of sp³-hybridized carbons (Fsp3) is 0.250. The molecular formula is C24H27NS3. The van der Waals surface area contributed by atoms with Crippen LogP contribution in [0.3, 0.4) is 0 Å². The van der Waals surface area contributed by atoms with Crippen LogP contribution in [0.2, 0.25) is 0 Å². The predicted octanol–water partition coefficient (Wildman–Crippen LogP) is 8.49. The van der Waals surface area contributed by atoms with Gasteiger partial charge < -0.3 is 4.90 Å². The third-order valence-electron chi connectivity index (χ3n) is 4.16. The molecule has 1 nitrogen and oxygen atoms in total. The Morgan fingerprint density at radius 3 is 1.14 bits per heavy atom. The van der Waals surface area contributed by atoms with Gasteiger partial charge in [0.1, 0.15) is 0 Å². The second-order valence-corrected chi connectivity index (χ2v) is 10.1. The lowest BCUT2D eigenvalue weighted by Gasteiger charge is -2.26. The van der Waals surface area contributed by atoms with Gasteiger partial charge in [0, 0.05) is 31.7 Å². The van der Waals surface area contributed by atoms with Crippen molar-refractivity contribution in [2.24, 2.45) is 0 Å². The lowest BCUT2D eigenvalue weighted by Crippen LogP contribution is -2.10. The lowest BCUT2D eigenvalue weighted by molar-refractivity contribution is 1.23. The van der Waals surface area contributed by atoms with Gasteiger partial charge in [-0.15, -0.1) is 35.3 Å². The van der Waals surface area contributed by atoms with Crippen molar-refractivity contribution in [3.05, 3.63) is 72.8 Å². The van der Waals surface area contributed by atoms with Crippen LogP contribution in [0.15, 0.2) is 87.5 Å². The first-order chi connectivity index (χ1) is 13.7. The van der Waals surface area contributed by atoms with E-state index in [2.05, 4.69) is 98.5 Å². The van der Waals surface area contributed by atoms with E-state index >= 15 is 0 Å². The van der Waals surface area contributed by atoms with Gasteiger partial charge in [-0.05, 0) is 71.9 Å². The molecule has 0 aliphatic carbocycles. The number of rotatable bonds is 9. The molecule has 0 amide bonds. The van der Waals surface area contributed by atoms with Gasteiger partial charge in [0.15, 0.2) is 0 Å². The summed E-state index contributed by atoms with van der Waals surface area (Å²) in [5, 5.41) is 0. The molecule has 0 atom stereocenters. The van der Waals surface area contributed by atoms with E-state index in [1.54, 1.807) is 0 Å². The average molecular weight is 426 g/mol. The quantitative estimate of drug-likeness (QED) is 0.316. The normalized spacial score (nSPS) is 10.8. The average Bonchev–Trinajstić information content (AvgIpc) is 2.70. The summed E-state index contributed by atoms with van der Waals surface area (Å²) in [7, 11) is 0. The molecule has 4 heteroatoms. The Bertz CT molecular complexity index is 777. The smallest absolute Gasteiger partial charge is 0.0472 e. The van der Waals surface area contributed by atoms with E-state index in [4.69, 9.17) is 0 Å². The Hall–Kier alpha value is -1.49. The maximum Gasteiger partial charge on any atom is 0.0472 e. The minimum atomic E-state index is 1.08. The van der Waals surface area contributed by atoms with E-state index in [1.165, 1.54) is 31.7 Å². The number of benzene rings is 3. The molecule has 0 aliphatic heterocycles. The van der Waals surface area contributed by atoms with Crippen molar-refractivity contribution in [1.29, 1.82) is 0 Å². The van der Waals surface area contributed by atoms with E-state index in [9.17, 15) is 0 Å². The van der Waals surface area contributed by atoms with Gasteiger partial charge in [0.2, 0.25) is 0 Å². The van der Waals surface area contributed by atoms with Crippen molar-refractivity contribution >= 4 is 52.3 Å². The summed E-state index contributed by atoms with van der Waals surface area (Å²) < 4.78 is 0. The molecule has 28 heavy (non-hydrogen) atoms. The van der Waals surface area contributed by atoms with E-state index < -0.39 is 0 Å². The van der Waals surface area contributed by atoms with E-state index in [1.807, 2.05) is 35.3 Å². The van der Waals surface area contributed by atoms with Gasteiger partial charge >= 0.3 is 0 Å². The van der Waals surface area contributed by atoms with Crippen LogP contribution in [0.1, 0.15) is 20.8 Å². The zero-order chi connectivity index (χ0) is 19.8. The Balaban J connectivity index is 2.10. The van der Waals surface area contributed by atoms with Gasteiger partial charge in [0.05, 0.1) is 0 Å². The maximum atomic E-state index is 2.37. The zero-order valence-corrected chi connectivity index (χ0v) is 19.2. The van der Waals surface area contributed by atoms with Crippen LogP contribution in [0.25, 0.3) is 0 Å². The topological polar surface area (TPSA) is 3.24 Å². The fourth-order valence-corrected chi connectivity index (χ4v) is 5.22. The first kappa shape index (κ1) is 21.2. The fourth-order valence-electron chi connectivity index (χ4n) is 3.08. The predicted molar refractivity (Wildman–Crippen MR) is 130 cm³/mol. The number of nitrogens with zero attached hydrogens (tertiary/aromatic N) is 1. The van der Waals surface area contributed by atoms with Gasteiger partial charge in [-0.2, -0.15) is 0 Å². The van der Waals surface area contributed by atoms with Crippen molar-refractivity contribution in [3.8, 4) is 0 Å². The SMILES string of the molecule is CCSc1cccc(N(c2cccc(SCC)c2)c2cccc(SCC)c2)c1. The highest BCUT2D eigenvalue weighted by Crippen LogP contribution is 2.38. The van der Waals surface area contributed by atoms with Crippen molar-refractivity contribution in [3.63, 3.8) is 0 Å². The summed E-state index contributed by atoms with van der Waals surface area (Å²) in [6.07, 6.45) is 0. The monoisotopic (exact) mass is 425 g/mol. The standard InChI is InChI=1S/C24H27NS3/c1-4-26-22-13-7-10-19(16-22)25(20-11-8-14-23(17-20)27-5-2)21-12-9-15-24(18-21)28-6-3/h7-18H,4-6H2,1-3H3. The molecule has 0 heterocycles. The van der Waals surface area contributed by atoms with Crippen LogP contribution in [0.4, 0.5) is 17.1 Å². The summed E-state index contributed by atoms with van der Waals surface area (Å²) in [5.41, 5.74) is 3.61. The molecule has 0 unspecified atom stereocenters. The van der Waals surface area contributed by atoms with Crippen molar-refractivity contribution in [1.82, 2.24) is 0 Å². The number of anilines is 3. The van der Waals surface area contributed by atoms with Crippen LogP contribution in [-0.2, 0) is 0 Å². The Labute approximate surface area is 182 Å². The van der Waals surface area contributed by atoms with Gasteiger partial charge in [0.25, 0.3) is 0 Å². The Morgan fingerprint density at radius 2 is 0.857 bits per heavy atom. The minimum absolute atomic E-state index is 1.08. The van der Waals surface area contributed by atoms with Gasteiger partial charge in [-0.3, -0.25) is 0 Å². The molecule has 0 spiro atoms. The first-order valence-electron chi connectivity index (χ1n) is 9.73. The van der Waals surface area contributed by atoms with Gasteiger partial charge in [-0.25, -0.2) is 0 Å². The molecule has 0 radical (unpaired) electrons. The first-order valence-corrected chi connectivity index (χ1v) is 12.7. The maximum absolute atomic E-state index is 2.37. The molecule has 3 aromatic rings. The van der Waals surface area contributed by atoms with Crippen LogP contribution in [-0.4, -0.2) is 17.3 Å². The molecule has 0 fully saturated rings. The summed E-state index contributed by atoms with van der Waals surface area (Å²) in [6, 6.07) is 26.6. The van der Waals surface area contributed by atoms with E-state index in [0.29, 0.717) is 0 Å². The highest BCUT2D eigenvalue weighted by atomic mass is 32.2.